The third-order valence-electron chi connectivity index (χ3n) is 4.89. The third kappa shape index (κ3) is 3.65. The van der Waals surface area contributed by atoms with E-state index in [4.69, 9.17) is 16.3 Å². The first-order valence-electron chi connectivity index (χ1n) is 8.94. The molecule has 0 aliphatic carbocycles. The molecule has 7 nitrogen and oxygen atoms in total. The first kappa shape index (κ1) is 19.9. The number of benzene rings is 1. The van der Waals surface area contributed by atoms with Crippen LogP contribution in [0.15, 0.2) is 26.2 Å². The van der Waals surface area contributed by atoms with Gasteiger partial charge in [0.2, 0.25) is 0 Å². The van der Waals surface area contributed by atoms with Crippen molar-refractivity contribution in [2.45, 2.75) is 39.3 Å². The van der Waals surface area contributed by atoms with Crippen LogP contribution in [0.2, 0.25) is 5.02 Å². The van der Waals surface area contributed by atoms with Crippen molar-refractivity contribution >= 4 is 44.5 Å². The molecule has 1 aromatic heterocycles. The lowest BCUT2D eigenvalue weighted by atomic mass is 10.0. The van der Waals surface area contributed by atoms with E-state index < -0.39 is 0 Å². The molecule has 0 unspecified atom stereocenters. The summed E-state index contributed by atoms with van der Waals surface area (Å²) in [6, 6.07) is 3.05. The van der Waals surface area contributed by atoms with Gasteiger partial charge in [0.1, 0.15) is 0 Å². The number of amides is 1. The molecule has 27 heavy (non-hydrogen) atoms. The van der Waals surface area contributed by atoms with E-state index >= 15 is 0 Å². The van der Waals surface area contributed by atoms with Gasteiger partial charge < -0.3 is 9.64 Å². The number of aromatic nitrogens is 2. The molecule has 1 aliphatic rings. The Balaban J connectivity index is 2.03. The standard InChI is InChI=1S/C18H21BrClN3O4/c1-3-22-15-10-14(20)13(19)9-12(15)16(24)23(17(22)25)11-5-7-21(8-6-11)18(26)27-4-2/h9-11H,3-8H2,1-2H3. The number of ether oxygens (including phenoxy) is 1. The van der Waals surface area contributed by atoms with Gasteiger partial charge in [0.15, 0.2) is 0 Å². The predicted molar refractivity (Wildman–Crippen MR) is 108 cm³/mol. The number of aryl methyl sites for hydroxylation is 1. The van der Waals surface area contributed by atoms with Crippen molar-refractivity contribution in [3.8, 4) is 0 Å². The summed E-state index contributed by atoms with van der Waals surface area (Å²) in [7, 11) is 0. The minimum absolute atomic E-state index is 0.257. The highest BCUT2D eigenvalue weighted by Gasteiger charge is 2.27. The maximum Gasteiger partial charge on any atom is 0.409 e. The zero-order valence-corrected chi connectivity index (χ0v) is 17.5. The van der Waals surface area contributed by atoms with Crippen molar-refractivity contribution in [1.29, 1.82) is 0 Å². The highest BCUT2D eigenvalue weighted by Crippen LogP contribution is 2.27. The summed E-state index contributed by atoms with van der Waals surface area (Å²) in [5.74, 6) is 0. The van der Waals surface area contributed by atoms with Gasteiger partial charge in [-0.15, -0.1) is 0 Å². The Kier molecular flexibility index (Phi) is 5.95. The number of carbonyl (C=O) groups excluding carboxylic acids is 1. The molecule has 2 heterocycles. The highest BCUT2D eigenvalue weighted by atomic mass is 79.9. The lowest BCUT2D eigenvalue weighted by Gasteiger charge is -2.32. The van der Waals surface area contributed by atoms with Crippen LogP contribution in [0.3, 0.4) is 0 Å². The van der Waals surface area contributed by atoms with Crippen LogP contribution in [0.5, 0.6) is 0 Å². The van der Waals surface area contributed by atoms with Gasteiger partial charge in [-0.25, -0.2) is 9.59 Å². The highest BCUT2D eigenvalue weighted by molar-refractivity contribution is 9.10. The molecule has 1 aromatic carbocycles. The summed E-state index contributed by atoms with van der Waals surface area (Å²) in [6.45, 7) is 5.26. The van der Waals surface area contributed by atoms with E-state index in [9.17, 15) is 14.4 Å². The van der Waals surface area contributed by atoms with E-state index in [1.54, 1.807) is 28.5 Å². The normalized spacial score (nSPS) is 15.3. The van der Waals surface area contributed by atoms with Gasteiger partial charge in [-0.3, -0.25) is 13.9 Å². The van der Waals surface area contributed by atoms with Gasteiger partial charge in [-0.2, -0.15) is 0 Å². The summed E-state index contributed by atoms with van der Waals surface area (Å²) in [5, 5.41) is 0.893. The maximum atomic E-state index is 13.1. The first-order chi connectivity index (χ1) is 12.9. The van der Waals surface area contributed by atoms with Crippen LogP contribution in [-0.4, -0.2) is 39.8 Å². The molecule has 2 aromatic rings. The molecule has 1 fully saturated rings. The molecule has 1 aliphatic heterocycles. The molecular formula is C18H21BrClN3O4. The van der Waals surface area contributed by atoms with E-state index in [0.29, 0.717) is 59.5 Å². The summed E-state index contributed by atoms with van der Waals surface area (Å²) in [5.41, 5.74) is -0.143. The zero-order valence-electron chi connectivity index (χ0n) is 15.2. The van der Waals surface area contributed by atoms with Crippen molar-refractivity contribution in [2.75, 3.05) is 19.7 Å². The summed E-state index contributed by atoms with van der Waals surface area (Å²) >= 11 is 9.51. The predicted octanol–water partition coefficient (Wildman–Crippen LogP) is 3.39. The second kappa shape index (κ2) is 8.06. The minimum atomic E-state index is -0.355. The number of likely N-dealkylation sites (tertiary alicyclic amines) is 1. The number of fused-ring (bicyclic) bond motifs is 1. The van der Waals surface area contributed by atoms with Crippen LogP contribution in [0.4, 0.5) is 4.79 Å². The van der Waals surface area contributed by atoms with Gasteiger partial charge in [0, 0.05) is 30.1 Å². The number of piperidine rings is 1. The Morgan fingerprint density at radius 2 is 1.93 bits per heavy atom. The smallest absolute Gasteiger partial charge is 0.409 e. The van der Waals surface area contributed by atoms with Crippen molar-refractivity contribution in [3.05, 3.63) is 42.5 Å². The molecule has 0 radical (unpaired) electrons. The fourth-order valence-corrected chi connectivity index (χ4v) is 4.03. The van der Waals surface area contributed by atoms with Gasteiger partial charge in [0.05, 0.1) is 22.5 Å². The summed E-state index contributed by atoms with van der Waals surface area (Å²) in [4.78, 5) is 39.6. The SMILES string of the molecule is CCOC(=O)N1CCC(n2c(=O)c3cc(Br)c(Cl)cc3n(CC)c2=O)CC1. The molecule has 0 saturated carbocycles. The number of carbonyl (C=O) groups is 1. The molecule has 0 bridgehead atoms. The summed E-state index contributed by atoms with van der Waals surface area (Å²) < 4.78 is 8.52. The van der Waals surface area contributed by atoms with Crippen LogP contribution in [0.25, 0.3) is 10.9 Å². The molecule has 0 N–H and O–H groups in total. The lowest BCUT2D eigenvalue weighted by Crippen LogP contribution is -2.47. The van der Waals surface area contributed by atoms with Crippen LogP contribution in [0, 0.1) is 0 Å². The van der Waals surface area contributed by atoms with E-state index in [-0.39, 0.29) is 23.4 Å². The Labute approximate surface area is 169 Å². The molecule has 1 saturated heterocycles. The van der Waals surface area contributed by atoms with Gasteiger partial charge in [-0.1, -0.05) is 11.6 Å². The van der Waals surface area contributed by atoms with E-state index in [1.165, 1.54) is 4.57 Å². The number of halogens is 2. The van der Waals surface area contributed by atoms with E-state index in [2.05, 4.69) is 15.9 Å². The van der Waals surface area contributed by atoms with Crippen LogP contribution >= 0.6 is 27.5 Å². The number of rotatable bonds is 3. The quantitative estimate of drug-likeness (QED) is 0.707. The Hall–Kier alpha value is -1.80. The molecular weight excluding hydrogens is 438 g/mol. The number of nitrogens with zero attached hydrogens (tertiary/aromatic N) is 3. The lowest BCUT2D eigenvalue weighted by molar-refractivity contribution is 0.0919. The van der Waals surface area contributed by atoms with Crippen LogP contribution in [0.1, 0.15) is 32.7 Å². The van der Waals surface area contributed by atoms with Crippen LogP contribution in [-0.2, 0) is 11.3 Å². The monoisotopic (exact) mass is 457 g/mol. The Bertz CT molecular complexity index is 993. The van der Waals surface area contributed by atoms with Gasteiger partial charge >= 0.3 is 11.8 Å². The van der Waals surface area contributed by atoms with Crippen molar-refractivity contribution in [2.24, 2.45) is 0 Å². The molecule has 3 rings (SSSR count). The zero-order chi connectivity index (χ0) is 19.7. The van der Waals surface area contributed by atoms with E-state index in [1.807, 2.05) is 6.92 Å². The second-order valence-electron chi connectivity index (χ2n) is 6.40. The third-order valence-corrected chi connectivity index (χ3v) is 6.08. The fourth-order valence-electron chi connectivity index (χ4n) is 3.53. The van der Waals surface area contributed by atoms with E-state index in [0.717, 1.165) is 0 Å². The van der Waals surface area contributed by atoms with Gasteiger partial charge in [-0.05, 0) is 54.8 Å². The summed E-state index contributed by atoms with van der Waals surface area (Å²) in [6.07, 6.45) is 0.696. The Morgan fingerprint density at radius 1 is 1.26 bits per heavy atom. The molecule has 0 atom stereocenters. The van der Waals surface area contributed by atoms with Crippen molar-refractivity contribution in [1.82, 2.24) is 14.0 Å². The number of hydrogen-bond donors (Lipinski definition) is 0. The largest absolute Gasteiger partial charge is 0.450 e. The van der Waals surface area contributed by atoms with Crippen molar-refractivity contribution in [3.63, 3.8) is 0 Å². The van der Waals surface area contributed by atoms with Gasteiger partial charge in [0.25, 0.3) is 5.56 Å². The maximum absolute atomic E-state index is 13.1. The topological polar surface area (TPSA) is 73.5 Å². The fraction of sp³-hybridized carbons (Fsp3) is 0.500. The average Bonchev–Trinajstić information content (AvgIpc) is 2.65. The molecule has 146 valence electrons. The minimum Gasteiger partial charge on any atom is -0.450 e. The average molecular weight is 459 g/mol. The molecule has 1 amide bonds. The molecule has 9 heteroatoms. The van der Waals surface area contributed by atoms with Crippen LogP contribution < -0.4 is 11.2 Å². The second-order valence-corrected chi connectivity index (χ2v) is 7.66. The molecule has 0 spiro atoms. The van der Waals surface area contributed by atoms with Crippen molar-refractivity contribution < 1.29 is 9.53 Å². The Morgan fingerprint density at radius 3 is 2.52 bits per heavy atom. The number of hydrogen-bond acceptors (Lipinski definition) is 4. The first-order valence-corrected chi connectivity index (χ1v) is 10.1.